The maximum Gasteiger partial charge on any atom is 0.227 e. The number of benzene rings is 2. The third-order valence-electron chi connectivity index (χ3n) is 5.20. The zero-order chi connectivity index (χ0) is 20.1. The summed E-state index contributed by atoms with van der Waals surface area (Å²) in [5.74, 6) is 0.147. The van der Waals surface area contributed by atoms with E-state index in [9.17, 15) is 4.79 Å². The standard InChI is InChI=1S/C24H29N3O/c1-18-21-12-8-9-13-23(21)25-19(2)22(18)16-24(28)27(15-14-26(3)4)17-20-10-6-5-7-11-20/h5-13H,14-17H2,1-4H3. The van der Waals surface area contributed by atoms with Crippen molar-refractivity contribution in [2.45, 2.75) is 26.8 Å². The van der Waals surface area contributed by atoms with Crippen LogP contribution in [0, 0.1) is 13.8 Å². The number of likely N-dealkylation sites (N-methyl/N-ethyl adjacent to an activating group) is 1. The van der Waals surface area contributed by atoms with E-state index in [4.69, 9.17) is 4.98 Å². The van der Waals surface area contributed by atoms with Gasteiger partial charge in [-0.2, -0.15) is 0 Å². The number of hydrogen-bond acceptors (Lipinski definition) is 3. The average Bonchev–Trinajstić information content (AvgIpc) is 2.69. The minimum absolute atomic E-state index is 0.147. The fourth-order valence-corrected chi connectivity index (χ4v) is 3.51. The second kappa shape index (κ2) is 8.98. The van der Waals surface area contributed by atoms with Crippen molar-refractivity contribution in [2.75, 3.05) is 27.2 Å². The fraction of sp³-hybridized carbons (Fsp3) is 0.333. The highest BCUT2D eigenvalue weighted by Crippen LogP contribution is 2.23. The predicted molar refractivity (Wildman–Crippen MR) is 115 cm³/mol. The summed E-state index contributed by atoms with van der Waals surface area (Å²) in [7, 11) is 4.07. The van der Waals surface area contributed by atoms with Crippen molar-refractivity contribution >= 4 is 16.8 Å². The largest absolute Gasteiger partial charge is 0.337 e. The lowest BCUT2D eigenvalue weighted by atomic mass is 9.99. The van der Waals surface area contributed by atoms with Gasteiger partial charge in [-0.05, 0) is 50.7 Å². The van der Waals surface area contributed by atoms with E-state index in [1.54, 1.807) is 0 Å². The first-order valence-corrected chi connectivity index (χ1v) is 9.77. The predicted octanol–water partition coefficient (Wildman–Crippen LogP) is 3.98. The topological polar surface area (TPSA) is 36.4 Å². The van der Waals surface area contributed by atoms with E-state index < -0.39 is 0 Å². The second-order valence-corrected chi connectivity index (χ2v) is 7.60. The summed E-state index contributed by atoms with van der Waals surface area (Å²) in [5.41, 5.74) is 5.29. The highest BCUT2D eigenvalue weighted by Gasteiger charge is 2.18. The van der Waals surface area contributed by atoms with E-state index >= 15 is 0 Å². The minimum Gasteiger partial charge on any atom is -0.337 e. The number of carbonyl (C=O) groups is 1. The van der Waals surface area contributed by atoms with Crippen LogP contribution in [0.2, 0.25) is 0 Å². The lowest BCUT2D eigenvalue weighted by Gasteiger charge is -2.25. The lowest BCUT2D eigenvalue weighted by molar-refractivity contribution is -0.131. The van der Waals surface area contributed by atoms with E-state index in [0.29, 0.717) is 19.5 Å². The number of aromatic nitrogens is 1. The van der Waals surface area contributed by atoms with Crippen LogP contribution in [-0.2, 0) is 17.8 Å². The molecule has 1 heterocycles. The third kappa shape index (κ3) is 4.76. The maximum atomic E-state index is 13.2. The number of carbonyl (C=O) groups excluding carboxylic acids is 1. The number of rotatable bonds is 7. The minimum atomic E-state index is 0.147. The first-order chi connectivity index (χ1) is 13.5. The summed E-state index contributed by atoms with van der Waals surface area (Å²) in [5, 5.41) is 1.12. The molecule has 0 radical (unpaired) electrons. The molecule has 146 valence electrons. The van der Waals surface area contributed by atoms with Crippen molar-refractivity contribution < 1.29 is 4.79 Å². The van der Waals surface area contributed by atoms with Gasteiger partial charge in [-0.3, -0.25) is 9.78 Å². The van der Waals surface area contributed by atoms with Gasteiger partial charge in [-0.15, -0.1) is 0 Å². The number of amides is 1. The van der Waals surface area contributed by atoms with Crippen molar-refractivity contribution in [1.29, 1.82) is 0 Å². The summed E-state index contributed by atoms with van der Waals surface area (Å²) >= 11 is 0. The number of pyridine rings is 1. The van der Waals surface area contributed by atoms with E-state index in [0.717, 1.165) is 39.8 Å². The van der Waals surface area contributed by atoms with Crippen LogP contribution >= 0.6 is 0 Å². The Morgan fingerprint density at radius 2 is 1.61 bits per heavy atom. The Labute approximate surface area is 167 Å². The quantitative estimate of drug-likeness (QED) is 0.627. The van der Waals surface area contributed by atoms with Crippen LogP contribution in [0.3, 0.4) is 0 Å². The van der Waals surface area contributed by atoms with Gasteiger partial charge in [-0.25, -0.2) is 0 Å². The maximum absolute atomic E-state index is 13.2. The van der Waals surface area contributed by atoms with Crippen LogP contribution < -0.4 is 0 Å². The summed E-state index contributed by atoms with van der Waals surface area (Å²) in [6.07, 6.45) is 0.385. The van der Waals surface area contributed by atoms with Gasteiger partial charge in [0, 0.05) is 30.7 Å². The van der Waals surface area contributed by atoms with E-state index in [2.05, 4.69) is 30.0 Å². The normalized spacial score (nSPS) is 11.2. The molecule has 0 saturated heterocycles. The van der Waals surface area contributed by atoms with Gasteiger partial charge in [0.2, 0.25) is 5.91 Å². The molecule has 1 amide bonds. The SMILES string of the molecule is Cc1nc2ccccc2c(C)c1CC(=O)N(CCN(C)C)Cc1ccccc1. The molecule has 3 rings (SSSR count). The molecular formula is C24H29N3O. The molecule has 4 heteroatoms. The van der Waals surface area contributed by atoms with E-state index in [1.165, 1.54) is 0 Å². The van der Waals surface area contributed by atoms with Crippen molar-refractivity contribution in [3.05, 3.63) is 77.0 Å². The molecule has 28 heavy (non-hydrogen) atoms. The molecule has 0 atom stereocenters. The Balaban J connectivity index is 1.85. The second-order valence-electron chi connectivity index (χ2n) is 7.60. The molecule has 1 aromatic heterocycles. The van der Waals surface area contributed by atoms with Crippen LogP contribution in [0.5, 0.6) is 0 Å². The Kier molecular flexibility index (Phi) is 6.42. The number of nitrogens with zero attached hydrogens (tertiary/aromatic N) is 3. The monoisotopic (exact) mass is 375 g/mol. The molecule has 2 aromatic carbocycles. The van der Waals surface area contributed by atoms with E-state index in [1.807, 2.05) is 62.3 Å². The van der Waals surface area contributed by atoms with Crippen LogP contribution in [-0.4, -0.2) is 47.9 Å². The van der Waals surface area contributed by atoms with E-state index in [-0.39, 0.29) is 5.91 Å². The molecule has 0 fully saturated rings. The van der Waals surface area contributed by atoms with Crippen molar-refractivity contribution in [2.24, 2.45) is 0 Å². The number of para-hydroxylation sites is 1. The van der Waals surface area contributed by atoms with Crippen molar-refractivity contribution in [3.63, 3.8) is 0 Å². The van der Waals surface area contributed by atoms with Crippen LogP contribution in [0.1, 0.15) is 22.4 Å². The molecule has 0 spiro atoms. The van der Waals surface area contributed by atoms with Gasteiger partial charge in [0.15, 0.2) is 0 Å². The molecule has 0 aliphatic rings. The number of fused-ring (bicyclic) bond motifs is 1. The molecular weight excluding hydrogens is 346 g/mol. The Morgan fingerprint density at radius 3 is 2.32 bits per heavy atom. The van der Waals surface area contributed by atoms with Crippen molar-refractivity contribution in [1.82, 2.24) is 14.8 Å². The first-order valence-electron chi connectivity index (χ1n) is 9.77. The van der Waals surface area contributed by atoms with Crippen LogP contribution in [0.25, 0.3) is 10.9 Å². The lowest BCUT2D eigenvalue weighted by Crippen LogP contribution is -2.37. The molecule has 0 saturated carbocycles. The molecule has 0 bridgehead atoms. The number of aryl methyl sites for hydroxylation is 2. The highest BCUT2D eigenvalue weighted by molar-refractivity contribution is 5.86. The van der Waals surface area contributed by atoms with Crippen LogP contribution in [0.15, 0.2) is 54.6 Å². The average molecular weight is 376 g/mol. The Hall–Kier alpha value is -2.72. The van der Waals surface area contributed by atoms with Gasteiger partial charge in [0.05, 0.1) is 11.9 Å². The molecule has 0 aliphatic heterocycles. The van der Waals surface area contributed by atoms with Gasteiger partial charge < -0.3 is 9.80 Å². The zero-order valence-electron chi connectivity index (χ0n) is 17.3. The highest BCUT2D eigenvalue weighted by atomic mass is 16.2. The molecule has 4 nitrogen and oxygen atoms in total. The summed E-state index contributed by atoms with van der Waals surface area (Å²) in [6, 6.07) is 18.3. The Morgan fingerprint density at radius 1 is 0.929 bits per heavy atom. The van der Waals surface area contributed by atoms with Gasteiger partial charge >= 0.3 is 0 Å². The van der Waals surface area contributed by atoms with Gasteiger partial charge in [-0.1, -0.05) is 48.5 Å². The molecule has 0 N–H and O–H groups in total. The molecule has 3 aromatic rings. The third-order valence-corrected chi connectivity index (χ3v) is 5.20. The summed E-state index contributed by atoms with van der Waals surface area (Å²) in [6.45, 7) is 6.28. The fourth-order valence-electron chi connectivity index (χ4n) is 3.51. The molecule has 0 aliphatic carbocycles. The summed E-state index contributed by atoms with van der Waals surface area (Å²) < 4.78 is 0. The van der Waals surface area contributed by atoms with Crippen molar-refractivity contribution in [3.8, 4) is 0 Å². The first kappa shape index (κ1) is 20.0. The van der Waals surface area contributed by atoms with Crippen LogP contribution in [0.4, 0.5) is 0 Å². The Bertz CT molecular complexity index is 951. The smallest absolute Gasteiger partial charge is 0.227 e. The van der Waals surface area contributed by atoms with Gasteiger partial charge in [0.1, 0.15) is 0 Å². The van der Waals surface area contributed by atoms with Gasteiger partial charge in [0.25, 0.3) is 0 Å². The molecule has 0 unspecified atom stereocenters. The zero-order valence-corrected chi connectivity index (χ0v) is 17.3. The number of hydrogen-bond donors (Lipinski definition) is 0. The summed E-state index contributed by atoms with van der Waals surface area (Å²) in [4.78, 5) is 22.0.